The first-order chi connectivity index (χ1) is 6.20. The molecule has 0 unspecified atom stereocenters. The molecule has 13 heavy (non-hydrogen) atoms. The fraction of sp³-hybridized carbons (Fsp3) is 0.500. The van der Waals surface area contributed by atoms with Crippen molar-refractivity contribution in [1.82, 2.24) is 0 Å². The Morgan fingerprint density at radius 1 is 1.46 bits per heavy atom. The molecule has 0 saturated carbocycles. The van der Waals surface area contributed by atoms with Crippen molar-refractivity contribution in [3.63, 3.8) is 0 Å². The van der Waals surface area contributed by atoms with E-state index in [1.165, 1.54) is 0 Å². The lowest BCUT2D eigenvalue weighted by atomic mass is 10.4. The van der Waals surface area contributed by atoms with Crippen molar-refractivity contribution >= 4 is 6.29 Å². The van der Waals surface area contributed by atoms with Gasteiger partial charge in [0.2, 0.25) is 0 Å². The summed E-state index contributed by atoms with van der Waals surface area (Å²) in [6.07, 6.45) is 2.65. The smallest absolute Gasteiger partial charge is 0.184 e. The molecule has 0 aromatic rings. The molecule has 0 amide bonds. The molecule has 0 saturated heterocycles. The molecule has 0 bridgehead atoms. The summed E-state index contributed by atoms with van der Waals surface area (Å²) in [7, 11) is 0. The highest BCUT2D eigenvalue weighted by molar-refractivity contribution is 5.69. The molecule has 0 atom stereocenters. The summed E-state index contributed by atoms with van der Waals surface area (Å²) in [6, 6.07) is 0. The monoisotopic (exact) mass is 184 g/mol. The lowest BCUT2D eigenvalue weighted by Crippen LogP contribution is -2.02. The first-order valence-electron chi connectivity index (χ1n) is 4.28. The van der Waals surface area contributed by atoms with Gasteiger partial charge in [-0.15, -0.1) is 0 Å². The Labute approximate surface area is 79.0 Å². The molecular formula is C10H16O3. The SMILES string of the molecule is C=C(C=O)OC(=C)COCCCC. The molecule has 0 aromatic carbocycles. The molecule has 3 nitrogen and oxygen atoms in total. The number of unbranched alkanes of at least 4 members (excludes halogenated alkanes) is 1. The fourth-order valence-electron chi connectivity index (χ4n) is 0.671. The van der Waals surface area contributed by atoms with Gasteiger partial charge in [0.1, 0.15) is 12.4 Å². The molecule has 0 rings (SSSR count). The molecular weight excluding hydrogens is 168 g/mol. The first-order valence-corrected chi connectivity index (χ1v) is 4.28. The van der Waals surface area contributed by atoms with Crippen LogP contribution in [0.5, 0.6) is 0 Å². The van der Waals surface area contributed by atoms with E-state index in [1.807, 2.05) is 0 Å². The van der Waals surface area contributed by atoms with Crippen LogP contribution in [0.15, 0.2) is 24.7 Å². The van der Waals surface area contributed by atoms with E-state index >= 15 is 0 Å². The van der Waals surface area contributed by atoms with Gasteiger partial charge in [0.25, 0.3) is 0 Å². The minimum absolute atomic E-state index is 0.0593. The predicted octanol–water partition coefficient (Wildman–Crippen LogP) is 2.05. The molecule has 74 valence electrons. The van der Waals surface area contributed by atoms with Crippen LogP contribution in [-0.4, -0.2) is 19.5 Å². The van der Waals surface area contributed by atoms with E-state index in [-0.39, 0.29) is 5.76 Å². The van der Waals surface area contributed by atoms with Crippen LogP contribution >= 0.6 is 0 Å². The van der Waals surface area contributed by atoms with Crippen molar-refractivity contribution in [2.75, 3.05) is 13.2 Å². The van der Waals surface area contributed by atoms with Gasteiger partial charge in [0, 0.05) is 6.61 Å². The Balaban J connectivity index is 3.40. The number of aldehydes is 1. The van der Waals surface area contributed by atoms with Gasteiger partial charge in [-0.2, -0.15) is 0 Å². The maximum atomic E-state index is 10.1. The van der Waals surface area contributed by atoms with Crippen LogP contribution in [0.4, 0.5) is 0 Å². The third-order valence-electron chi connectivity index (χ3n) is 1.31. The van der Waals surface area contributed by atoms with E-state index in [1.54, 1.807) is 0 Å². The second kappa shape index (κ2) is 7.55. The van der Waals surface area contributed by atoms with Gasteiger partial charge in [0.15, 0.2) is 12.0 Å². The molecule has 0 fully saturated rings. The van der Waals surface area contributed by atoms with Gasteiger partial charge in [-0.25, -0.2) is 0 Å². The second-order valence-electron chi connectivity index (χ2n) is 2.63. The molecule has 0 aromatic heterocycles. The highest BCUT2D eigenvalue weighted by atomic mass is 16.5. The van der Waals surface area contributed by atoms with Crippen LogP contribution in [0.25, 0.3) is 0 Å². The van der Waals surface area contributed by atoms with Crippen LogP contribution in [0, 0.1) is 0 Å². The maximum Gasteiger partial charge on any atom is 0.184 e. The molecule has 0 aliphatic carbocycles. The lowest BCUT2D eigenvalue weighted by Gasteiger charge is -2.07. The lowest BCUT2D eigenvalue weighted by molar-refractivity contribution is -0.107. The predicted molar refractivity (Wildman–Crippen MR) is 51.2 cm³/mol. The molecule has 3 heteroatoms. The van der Waals surface area contributed by atoms with Crippen molar-refractivity contribution in [3.8, 4) is 0 Å². The van der Waals surface area contributed by atoms with Gasteiger partial charge in [-0.1, -0.05) is 26.5 Å². The quantitative estimate of drug-likeness (QED) is 0.250. The molecule has 0 radical (unpaired) electrons. The Bertz CT molecular complexity index is 185. The molecule has 0 aliphatic heterocycles. The largest absolute Gasteiger partial charge is 0.457 e. The number of rotatable bonds is 8. The van der Waals surface area contributed by atoms with Crippen LogP contribution < -0.4 is 0 Å². The number of hydrogen-bond acceptors (Lipinski definition) is 3. The van der Waals surface area contributed by atoms with Crippen LogP contribution in [-0.2, 0) is 14.3 Å². The van der Waals surface area contributed by atoms with Gasteiger partial charge in [0.05, 0.1) is 0 Å². The Morgan fingerprint density at radius 3 is 2.69 bits per heavy atom. The van der Waals surface area contributed by atoms with E-state index in [9.17, 15) is 4.79 Å². The standard InChI is InChI=1S/C10H16O3/c1-4-5-6-12-8-10(3)13-9(2)7-11/h7H,2-6,8H2,1H3. The summed E-state index contributed by atoms with van der Waals surface area (Å²) in [5.74, 6) is 0.470. The molecule has 0 aliphatic rings. The van der Waals surface area contributed by atoms with Crippen molar-refractivity contribution in [1.29, 1.82) is 0 Å². The summed E-state index contributed by atoms with van der Waals surface area (Å²) >= 11 is 0. The zero-order valence-electron chi connectivity index (χ0n) is 8.04. The normalized spacial score (nSPS) is 9.31. The zero-order valence-corrected chi connectivity index (χ0v) is 8.04. The third kappa shape index (κ3) is 7.28. The highest BCUT2D eigenvalue weighted by Gasteiger charge is 1.97. The summed E-state index contributed by atoms with van der Waals surface area (Å²) < 4.78 is 10.1. The highest BCUT2D eigenvalue weighted by Crippen LogP contribution is 2.01. The number of carbonyl (C=O) groups excluding carboxylic acids is 1. The summed E-state index contributed by atoms with van der Waals surface area (Å²) in [4.78, 5) is 10.1. The van der Waals surface area contributed by atoms with E-state index in [0.29, 0.717) is 25.3 Å². The van der Waals surface area contributed by atoms with Crippen molar-refractivity contribution in [2.45, 2.75) is 19.8 Å². The van der Waals surface area contributed by atoms with Crippen molar-refractivity contribution < 1.29 is 14.3 Å². The average molecular weight is 184 g/mol. The Kier molecular flexibility index (Phi) is 6.92. The Morgan fingerprint density at radius 2 is 2.15 bits per heavy atom. The summed E-state index contributed by atoms with van der Waals surface area (Å²) in [6.45, 7) is 10.0. The van der Waals surface area contributed by atoms with Gasteiger partial charge < -0.3 is 9.47 Å². The second-order valence-corrected chi connectivity index (χ2v) is 2.63. The van der Waals surface area contributed by atoms with Crippen molar-refractivity contribution in [2.24, 2.45) is 0 Å². The fourth-order valence-corrected chi connectivity index (χ4v) is 0.671. The van der Waals surface area contributed by atoms with Crippen LogP contribution in [0.1, 0.15) is 19.8 Å². The van der Waals surface area contributed by atoms with Gasteiger partial charge in [-0.05, 0) is 6.42 Å². The van der Waals surface area contributed by atoms with E-state index < -0.39 is 0 Å². The molecule has 0 heterocycles. The Hall–Kier alpha value is -1.09. The number of hydrogen-bond donors (Lipinski definition) is 0. The topological polar surface area (TPSA) is 35.5 Å². The third-order valence-corrected chi connectivity index (χ3v) is 1.31. The van der Waals surface area contributed by atoms with E-state index in [2.05, 4.69) is 20.1 Å². The van der Waals surface area contributed by atoms with Crippen LogP contribution in [0.2, 0.25) is 0 Å². The minimum Gasteiger partial charge on any atom is -0.457 e. The molecule has 0 N–H and O–H groups in total. The summed E-state index contributed by atoms with van der Waals surface area (Å²) in [5.41, 5.74) is 0. The number of ether oxygens (including phenoxy) is 2. The number of allylic oxidation sites excluding steroid dienone is 1. The first kappa shape index (κ1) is 11.9. The minimum atomic E-state index is 0.0593. The number of carbonyl (C=O) groups is 1. The van der Waals surface area contributed by atoms with Gasteiger partial charge >= 0.3 is 0 Å². The van der Waals surface area contributed by atoms with Gasteiger partial charge in [-0.3, -0.25) is 4.79 Å². The molecule has 0 spiro atoms. The van der Waals surface area contributed by atoms with Crippen LogP contribution in [0.3, 0.4) is 0 Å². The summed E-state index contributed by atoms with van der Waals surface area (Å²) in [5, 5.41) is 0. The maximum absolute atomic E-state index is 10.1. The average Bonchev–Trinajstić information content (AvgIpc) is 2.12. The zero-order chi connectivity index (χ0) is 10.1. The van der Waals surface area contributed by atoms with E-state index in [0.717, 1.165) is 12.8 Å². The van der Waals surface area contributed by atoms with E-state index in [4.69, 9.17) is 9.47 Å². The van der Waals surface area contributed by atoms with Crippen molar-refractivity contribution in [3.05, 3.63) is 24.7 Å².